The van der Waals surface area contributed by atoms with Crippen LogP contribution in [0, 0.1) is 0 Å². The Labute approximate surface area is 134 Å². The number of nitrogens with one attached hydrogen (secondary N) is 1. The Morgan fingerprint density at radius 3 is 2.79 bits per heavy atom. The number of hydrogen-bond acceptors (Lipinski definition) is 9. The summed E-state index contributed by atoms with van der Waals surface area (Å²) in [4.78, 5) is 39.4. The number of nitrogens with zero attached hydrogens (tertiary/aromatic N) is 2. The van der Waals surface area contributed by atoms with E-state index in [1.807, 2.05) is 0 Å². The molecule has 0 amide bonds. The molecule has 14 heteroatoms. The van der Waals surface area contributed by atoms with Gasteiger partial charge in [-0.2, -0.15) is 0 Å². The second kappa shape index (κ2) is 6.17. The molecule has 1 fully saturated rings. The number of nitrogens with two attached hydrogens (primary N) is 1. The molecule has 3 heterocycles. The molecule has 2 aromatic heterocycles. The summed E-state index contributed by atoms with van der Waals surface area (Å²) in [5, 5.41) is 20.4. The van der Waals surface area contributed by atoms with Crippen molar-refractivity contribution in [3.63, 3.8) is 0 Å². The van der Waals surface area contributed by atoms with Crippen LogP contribution in [0.3, 0.4) is 0 Å². The van der Waals surface area contributed by atoms with Gasteiger partial charge in [0.15, 0.2) is 5.52 Å². The Morgan fingerprint density at radius 2 is 2.12 bits per heavy atom. The van der Waals surface area contributed by atoms with Crippen molar-refractivity contribution in [1.29, 1.82) is 0 Å². The zero-order valence-corrected chi connectivity index (χ0v) is 13.7. The monoisotopic (exact) mass is 380 g/mol. The summed E-state index contributed by atoms with van der Waals surface area (Å²) < 4.78 is 20.5. The molecule has 1 saturated heterocycles. The highest BCUT2D eigenvalue weighted by Gasteiger charge is 2.45. The smallest absolute Gasteiger partial charge is 0.387 e. The summed E-state index contributed by atoms with van der Waals surface area (Å²) in [6, 6.07) is 0. The molecule has 132 valence electrons. The number of fused-ring (bicyclic) bond motifs is 1. The third kappa shape index (κ3) is 3.23. The van der Waals surface area contributed by atoms with E-state index in [0.717, 1.165) is 0 Å². The molecule has 0 bridgehead atoms. The molecule has 0 radical (unpaired) electrons. The van der Waals surface area contributed by atoms with Crippen LogP contribution in [0.4, 0.5) is 5.95 Å². The molecular weight excluding hydrogens is 366 g/mol. The van der Waals surface area contributed by atoms with Crippen LogP contribution in [-0.2, 0) is 13.8 Å². The van der Waals surface area contributed by atoms with Gasteiger partial charge < -0.3 is 30.5 Å². The normalized spacial score (nSPS) is 28.6. The summed E-state index contributed by atoms with van der Waals surface area (Å²) in [5.41, 5.74) is 5.02. The van der Waals surface area contributed by atoms with Crippen molar-refractivity contribution in [1.82, 2.24) is 15.0 Å². The fourth-order valence-corrected chi connectivity index (χ4v) is 4.88. The van der Waals surface area contributed by atoms with Gasteiger partial charge in [0, 0.05) is 0 Å². The van der Waals surface area contributed by atoms with Gasteiger partial charge in [0.1, 0.15) is 29.4 Å². The zero-order chi connectivity index (χ0) is 17.6. The number of anilines is 1. The van der Waals surface area contributed by atoms with E-state index >= 15 is 0 Å². The minimum Gasteiger partial charge on any atom is -0.387 e. The highest BCUT2D eigenvalue weighted by atomic mass is 31.2. The first-order valence-electron chi connectivity index (χ1n) is 6.61. The van der Waals surface area contributed by atoms with E-state index < -0.39 is 51.7 Å². The van der Waals surface area contributed by atoms with Gasteiger partial charge in [0.2, 0.25) is 5.95 Å². The summed E-state index contributed by atoms with van der Waals surface area (Å²) in [6.07, 6.45) is -3.96. The van der Waals surface area contributed by atoms with E-state index in [0.29, 0.717) is 0 Å². The highest BCUT2D eigenvalue weighted by Crippen LogP contribution is 2.52. The minimum atomic E-state index is -4.74. The molecule has 0 spiro atoms. The summed E-state index contributed by atoms with van der Waals surface area (Å²) in [7, 11) is -6.25. The zero-order valence-electron chi connectivity index (χ0n) is 11.9. The lowest BCUT2D eigenvalue weighted by atomic mass is 10.2. The molecule has 5 unspecified atom stereocenters. The molecule has 1 aliphatic rings. The Bertz CT molecular complexity index is 862. The first-order chi connectivity index (χ1) is 11.2. The number of hydrogen-bond donors (Lipinski definition) is 6. The maximum atomic E-state index is 11.8. The van der Waals surface area contributed by atoms with Gasteiger partial charge in [-0.25, -0.2) is 14.5 Å². The lowest BCUT2D eigenvalue weighted by molar-refractivity contribution is -0.0123. The number of aliphatic hydroxyl groups is 2. The van der Waals surface area contributed by atoms with E-state index in [9.17, 15) is 19.6 Å². The SMILES string of the molecule is Nc1nc2c(ncp2C2OC(COP(=O)(O)O)C(O)C2O)c(=O)[nH]1. The highest BCUT2D eigenvalue weighted by molar-refractivity contribution is 7.54. The van der Waals surface area contributed by atoms with E-state index in [-0.39, 0.29) is 16.7 Å². The molecule has 5 atom stereocenters. The van der Waals surface area contributed by atoms with Gasteiger partial charge in [-0.05, 0) is 7.53 Å². The topological polar surface area (TPSA) is 201 Å². The molecule has 2 aromatic rings. The molecule has 0 aromatic carbocycles. The quantitative estimate of drug-likeness (QED) is 0.341. The van der Waals surface area contributed by atoms with Crippen LogP contribution >= 0.6 is 15.4 Å². The minimum absolute atomic E-state index is 0.0514. The van der Waals surface area contributed by atoms with Crippen LogP contribution in [0.2, 0.25) is 0 Å². The molecular formula is C10H14N4O8P2. The van der Waals surface area contributed by atoms with Crippen LogP contribution in [0.5, 0.6) is 0 Å². The second-order valence-corrected chi connectivity index (χ2v) is 8.33. The van der Waals surface area contributed by atoms with Gasteiger partial charge in [-0.1, -0.05) is 0 Å². The molecule has 1 aliphatic heterocycles. The van der Waals surface area contributed by atoms with Crippen LogP contribution < -0.4 is 11.3 Å². The van der Waals surface area contributed by atoms with Crippen molar-refractivity contribution in [3.8, 4) is 0 Å². The summed E-state index contributed by atoms with van der Waals surface area (Å²) >= 11 is 0. The first-order valence-corrected chi connectivity index (χ1v) is 9.62. The van der Waals surface area contributed by atoms with Crippen LogP contribution in [0.1, 0.15) is 5.85 Å². The number of nitrogen functional groups attached to an aromatic ring is 1. The summed E-state index contributed by atoms with van der Waals surface area (Å²) in [5.74, 6) is 0.305. The largest absolute Gasteiger partial charge is 0.469 e. The molecule has 7 N–H and O–H groups in total. The van der Waals surface area contributed by atoms with Crippen molar-refractivity contribution < 1.29 is 33.8 Å². The fraction of sp³-hybridized carbons (Fsp3) is 0.500. The number of ether oxygens (including phenoxy) is 1. The molecule has 0 aliphatic carbocycles. The Balaban J connectivity index is 1.90. The lowest BCUT2D eigenvalue weighted by Gasteiger charge is -2.14. The van der Waals surface area contributed by atoms with E-state index in [2.05, 4.69) is 19.5 Å². The van der Waals surface area contributed by atoms with Gasteiger partial charge in [0.25, 0.3) is 5.56 Å². The lowest BCUT2D eigenvalue weighted by Crippen LogP contribution is -2.32. The van der Waals surface area contributed by atoms with Gasteiger partial charge in [-0.3, -0.25) is 14.3 Å². The third-order valence-corrected chi connectivity index (χ3v) is 6.10. The van der Waals surface area contributed by atoms with E-state index in [1.54, 1.807) is 0 Å². The summed E-state index contributed by atoms with van der Waals surface area (Å²) in [6.45, 7) is -0.614. The molecule has 3 rings (SSSR count). The first kappa shape index (κ1) is 17.5. The van der Waals surface area contributed by atoms with Crippen LogP contribution in [0.15, 0.2) is 10.7 Å². The van der Waals surface area contributed by atoms with Gasteiger partial charge >= 0.3 is 7.82 Å². The Hall–Kier alpha value is -1.36. The number of phosphoric ester groups is 1. The second-order valence-electron chi connectivity index (χ2n) is 5.11. The third-order valence-electron chi connectivity index (χ3n) is 3.47. The molecule has 24 heavy (non-hydrogen) atoms. The van der Waals surface area contributed by atoms with Crippen LogP contribution in [-0.4, -0.2) is 59.9 Å². The molecule has 0 saturated carbocycles. The maximum Gasteiger partial charge on any atom is 0.469 e. The van der Waals surface area contributed by atoms with E-state index in [1.165, 1.54) is 5.93 Å². The van der Waals surface area contributed by atoms with Crippen molar-refractivity contribution in [3.05, 3.63) is 16.3 Å². The number of aliphatic hydroxyl groups excluding tert-OH is 2. The molecule has 12 nitrogen and oxygen atoms in total. The van der Waals surface area contributed by atoms with Gasteiger partial charge in [0.05, 0.1) is 12.5 Å². The van der Waals surface area contributed by atoms with Crippen molar-refractivity contribution in [2.24, 2.45) is 0 Å². The van der Waals surface area contributed by atoms with Crippen molar-refractivity contribution in [2.75, 3.05) is 12.3 Å². The number of rotatable bonds is 4. The van der Waals surface area contributed by atoms with Crippen LogP contribution in [0.25, 0.3) is 10.8 Å². The maximum absolute atomic E-state index is 11.8. The predicted octanol–water partition coefficient (Wildman–Crippen LogP) is -1.38. The fourth-order valence-electron chi connectivity index (χ4n) is 2.40. The Morgan fingerprint density at radius 1 is 1.42 bits per heavy atom. The number of H-pyrrole nitrogens is 1. The standard InChI is InChI=1S/C10H14N4O8P2/c11-10-13-7(17)4-8(14-10)23(2-12-4)9-6(16)5(15)3(22-9)1-21-24(18,19)20/h2-3,5-6,9,15-16H,1H2,(H2,18,19,20)(H3,11,13,14,17). The van der Waals surface area contributed by atoms with Crippen molar-refractivity contribution in [2.45, 2.75) is 24.2 Å². The van der Waals surface area contributed by atoms with Crippen molar-refractivity contribution >= 4 is 32.1 Å². The average molecular weight is 380 g/mol. The number of aromatic nitrogens is 3. The van der Waals surface area contributed by atoms with E-state index in [4.69, 9.17) is 20.3 Å². The number of phosphoric acid groups is 1. The average Bonchev–Trinajstić information content (AvgIpc) is 3.00. The van der Waals surface area contributed by atoms with Gasteiger partial charge in [-0.15, -0.1) is 0 Å². The number of aromatic amines is 1. The predicted molar refractivity (Wildman–Crippen MR) is 81.2 cm³/mol. The Kier molecular flexibility index (Phi) is 4.49.